The molecule has 0 spiro atoms. The molecule has 0 atom stereocenters. The number of carbonyl (C=O) groups is 1. The second kappa shape index (κ2) is 7.06. The molecule has 0 bridgehead atoms. The van der Waals surface area contributed by atoms with Crippen molar-refractivity contribution in [2.75, 3.05) is 32.8 Å². The lowest BCUT2D eigenvalue weighted by molar-refractivity contribution is -0.144. The van der Waals surface area contributed by atoms with Gasteiger partial charge in [0.2, 0.25) is 0 Å². The molecule has 0 amide bonds. The monoisotopic (exact) mass is 174 g/mol. The topological polar surface area (TPSA) is 55.6 Å². The van der Waals surface area contributed by atoms with E-state index in [2.05, 4.69) is 0 Å². The van der Waals surface area contributed by atoms with E-state index in [1.807, 2.05) is 11.8 Å². The fourth-order valence-corrected chi connectivity index (χ4v) is 0.921. The summed E-state index contributed by atoms with van der Waals surface area (Å²) in [4.78, 5) is 12.9. The van der Waals surface area contributed by atoms with Gasteiger partial charge < -0.3 is 10.5 Å². The first-order valence-electron chi connectivity index (χ1n) is 4.32. The minimum absolute atomic E-state index is 0.173. The van der Waals surface area contributed by atoms with Crippen LogP contribution in [0.4, 0.5) is 0 Å². The molecule has 72 valence electrons. The van der Waals surface area contributed by atoms with Crippen molar-refractivity contribution in [2.45, 2.75) is 13.8 Å². The van der Waals surface area contributed by atoms with Gasteiger partial charge in [-0.05, 0) is 13.5 Å². The van der Waals surface area contributed by atoms with Crippen molar-refractivity contribution in [3.8, 4) is 0 Å². The Morgan fingerprint density at radius 3 is 2.58 bits per heavy atom. The van der Waals surface area contributed by atoms with Gasteiger partial charge in [-0.3, -0.25) is 9.69 Å². The molecular formula is C8H18N2O2. The number of likely N-dealkylation sites (N-methyl/N-ethyl adjacent to an activating group) is 1. The number of ether oxygens (including phenoxy) is 1. The fourth-order valence-electron chi connectivity index (χ4n) is 0.921. The Bertz CT molecular complexity index is 128. The molecule has 0 aromatic heterocycles. The number of hydrogen-bond donors (Lipinski definition) is 1. The summed E-state index contributed by atoms with van der Waals surface area (Å²) in [6.45, 7) is 6.74. The number of rotatable bonds is 6. The molecule has 0 aliphatic rings. The van der Waals surface area contributed by atoms with Gasteiger partial charge in [-0.2, -0.15) is 0 Å². The first-order valence-corrected chi connectivity index (χ1v) is 4.32. The van der Waals surface area contributed by atoms with E-state index in [4.69, 9.17) is 10.5 Å². The predicted molar refractivity (Wildman–Crippen MR) is 47.8 cm³/mol. The zero-order valence-electron chi connectivity index (χ0n) is 7.88. The highest BCUT2D eigenvalue weighted by atomic mass is 16.5. The van der Waals surface area contributed by atoms with Crippen molar-refractivity contribution >= 4 is 5.97 Å². The quantitative estimate of drug-likeness (QED) is 0.568. The van der Waals surface area contributed by atoms with Crippen LogP contribution in [0.15, 0.2) is 0 Å². The smallest absolute Gasteiger partial charge is 0.320 e. The van der Waals surface area contributed by atoms with E-state index in [-0.39, 0.29) is 5.97 Å². The lowest BCUT2D eigenvalue weighted by Crippen LogP contribution is -2.34. The maximum Gasteiger partial charge on any atom is 0.320 e. The molecule has 0 unspecified atom stereocenters. The van der Waals surface area contributed by atoms with Crippen molar-refractivity contribution in [1.82, 2.24) is 4.90 Å². The summed E-state index contributed by atoms with van der Waals surface area (Å²) in [5.41, 5.74) is 5.36. The molecule has 2 N–H and O–H groups in total. The second-order valence-corrected chi connectivity index (χ2v) is 2.46. The molecule has 0 aliphatic heterocycles. The lowest BCUT2D eigenvalue weighted by Gasteiger charge is -2.17. The maximum atomic E-state index is 11.0. The third kappa shape index (κ3) is 5.09. The Labute approximate surface area is 73.7 Å². The summed E-state index contributed by atoms with van der Waals surface area (Å²) in [5.74, 6) is -0.173. The minimum Gasteiger partial charge on any atom is -0.465 e. The van der Waals surface area contributed by atoms with Gasteiger partial charge in [0.15, 0.2) is 0 Å². The van der Waals surface area contributed by atoms with Crippen LogP contribution in [-0.2, 0) is 9.53 Å². The van der Waals surface area contributed by atoms with Gasteiger partial charge in [0.1, 0.15) is 0 Å². The van der Waals surface area contributed by atoms with E-state index >= 15 is 0 Å². The SMILES string of the molecule is CCOC(=O)CN(CC)CCN. The van der Waals surface area contributed by atoms with Crippen LogP contribution in [0.1, 0.15) is 13.8 Å². The zero-order chi connectivity index (χ0) is 9.40. The van der Waals surface area contributed by atoms with Gasteiger partial charge in [-0.15, -0.1) is 0 Å². The largest absolute Gasteiger partial charge is 0.465 e. The first-order chi connectivity index (χ1) is 5.74. The van der Waals surface area contributed by atoms with Gasteiger partial charge in [-0.1, -0.05) is 6.92 Å². The molecule has 0 fully saturated rings. The molecule has 0 aromatic carbocycles. The molecule has 0 radical (unpaired) electrons. The molecule has 0 heterocycles. The molecule has 4 heteroatoms. The van der Waals surface area contributed by atoms with Crippen LogP contribution in [0, 0.1) is 0 Å². The Morgan fingerprint density at radius 1 is 1.50 bits per heavy atom. The van der Waals surface area contributed by atoms with Crippen molar-refractivity contribution < 1.29 is 9.53 Å². The Kier molecular flexibility index (Phi) is 6.70. The highest BCUT2D eigenvalue weighted by Gasteiger charge is 2.07. The van der Waals surface area contributed by atoms with Gasteiger partial charge >= 0.3 is 5.97 Å². The third-order valence-corrected chi connectivity index (χ3v) is 1.55. The molecule has 0 aromatic rings. The van der Waals surface area contributed by atoms with Crippen molar-refractivity contribution in [3.05, 3.63) is 0 Å². The Morgan fingerprint density at radius 2 is 2.17 bits per heavy atom. The maximum absolute atomic E-state index is 11.0. The average Bonchev–Trinajstić information content (AvgIpc) is 2.04. The van der Waals surface area contributed by atoms with Crippen molar-refractivity contribution in [1.29, 1.82) is 0 Å². The second-order valence-electron chi connectivity index (χ2n) is 2.46. The van der Waals surface area contributed by atoms with Gasteiger partial charge in [0, 0.05) is 13.1 Å². The van der Waals surface area contributed by atoms with E-state index in [1.54, 1.807) is 6.92 Å². The highest BCUT2D eigenvalue weighted by molar-refractivity contribution is 5.71. The first kappa shape index (κ1) is 11.4. The molecule has 0 saturated carbocycles. The van der Waals surface area contributed by atoms with Crippen LogP contribution < -0.4 is 5.73 Å². The standard InChI is InChI=1S/C8H18N2O2/c1-3-10(6-5-9)7-8(11)12-4-2/h3-7,9H2,1-2H3. The van der Waals surface area contributed by atoms with Crippen LogP contribution in [0.5, 0.6) is 0 Å². The Hall–Kier alpha value is -0.610. The summed E-state index contributed by atoms with van der Waals surface area (Å²) in [7, 11) is 0. The van der Waals surface area contributed by atoms with Gasteiger partial charge in [0.05, 0.1) is 13.2 Å². The Balaban J connectivity index is 3.61. The summed E-state index contributed by atoms with van der Waals surface area (Å²) in [5, 5.41) is 0. The van der Waals surface area contributed by atoms with E-state index in [9.17, 15) is 4.79 Å². The number of esters is 1. The summed E-state index contributed by atoms with van der Waals surface area (Å²) >= 11 is 0. The predicted octanol–water partition coefficient (Wildman–Crippen LogP) is -0.170. The van der Waals surface area contributed by atoms with Crippen molar-refractivity contribution in [2.24, 2.45) is 5.73 Å². The fraction of sp³-hybridized carbons (Fsp3) is 0.875. The highest BCUT2D eigenvalue weighted by Crippen LogP contribution is 1.88. The van der Waals surface area contributed by atoms with Crippen LogP contribution >= 0.6 is 0 Å². The molecule has 0 aliphatic carbocycles. The third-order valence-electron chi connectivity index (χ3n) is 1.55. The van der Waals surface area contributed by atoms with Crippen LogP contribution in [0.2, 0.25) is 0 Å². The summed E-state index contributed by atoms with van der Waals surface area (Å²) in [6.07, 6.45) is 0. The minimum atomic E-state index is -0.173. The summed E-state index contributed by atoms with van der Waals surface area (Å²) < 4.78 is 4.80. The lowest BCUT2D eigenvalue weighted by atomic mass is 10.4. The number of nitrogens with zero attached hydrogens (tertiary/aromatic N) is 1. The number of carbonyl (C=O) groups excluding carboxylic acids is 1. The van der Waals surface area contributed by atoms with E-state index in [1.165, 1.54) is 0 Å². The number of nitrogens with two attached hydrogens (primary N) is 1. The van der Waals surface area contributed by atoms with Gasteiger partial charge in [-0.25, -0.2) is 0 Å². The van der Waals surface area contributed by atoms with Crippen LogP contribution in [-0.4, -0.2) is 43.7 Å². The molecule has 0 saturated heterocycles. The van der Waals surface area contributed by atoms with Crippen molar-refractivity contribution in [3.63, 3.8) is 0 Å². The average molecular weight is 174 g/mol. The molecule has 0 rings (SSSR count). The van der Waals surface area contributed by atoms with Crippen LogP contribution in [0.25, 0.3) is 0 Å². The van der Waals surface area contributed by atoms with E-state index in [0.29, 0.717) is 19.7 Å². The number of hydrogen-bond acceptors (Lipinski definition) is 4. The normalized spacial score (nSPS) is 10.3. The van der Waals surface area contributed by atoms with E-state index < -0.39 is 0 Å². The molecule has 12 heavy (non-hydrogen) atoms. The summed E-state index contributed by atoms with van der Waals surface area (Å²) in [6, 6.07) is 0. The molecule has 4 nitrogen and oxygen atoms in total. The van der Waals surface area contributed by atoms with E-state index in [0.717, 1.165) is 13.1 Å². The van der Waals surface area contributed by atoms with Crippen LogP contribution in [0.3, 0.4) is 0 Å². The molecular weight excluding hydrogens is 156 g/mol. The van der Waals surface area contributed by atoms with Gasteiger partial charge in [0.25, 0.3) is 0 Å². The zero-order valence-corrected chi connectivity index (χ0v) is 7.88.